The number of nitrogens with one attached hydrogen (secondary N) is 1. The lowest BCUT2D eigenvalue weighted by atomic mass is 9.95. The van der Waals surface area contributed by atoms with Gasteiger partial charge in [-0.25, -0.2) is 0 Å². The SMILES string of the molecule is CCOCCCNC(C)(CC)CCCl. The van der Waals surface area contributed by atoms with Gasteiger partial charge >= 0.3 is 0 Å². The van der Waals surface area contributed by atoms with E-state index in [0.29, 0.717) is 0 Å². The second-order valence-electron chi connectivity index (χ2n) is 3.83. The van der Waals surface area contributed by atoms with E-state index in [1.165, 1.54) is 0 Å². The molecule has 0 saturated carbocycles. The molecule has 0 bridgehead atoms. The third kappa shape index (κ3) is 6.63. The van der Waals surface area contributed by atoms with Gasteiger partial charge in [-0.2, -0.15) is 0 Å². The minimum atomic E-state index is 0.202. The quantitative estimate of drug-likeness (QED) is 0.478. The molecule has 0 radical (unpaired) electrons. The Kier molecular flexibility index (Phi) is 8.64. The lowest BCUT2D eigenvalue weighted by Gasteiger charge is -2.29. The number of hydrogen-bond acceptors (Lipinski definition) is 2. The van der Waals surface area contributed by atoms with E-state index in [9.17, 15) is 0 Å². The molecule has 1 N–H and O–H groups in total. The zero-order chi connectivity index (χ0) is 10.9. The molecule has 0 aliphatic carbocycles. The molecule has 0 aliphatic heterocycles. The molecular formula is C11H24ClNO. The first-order valence-electron chi connectivity index (χ1n) is 5.57. The molecule has 1 unspecified atom stereocenters. The first kappa shape index (κ1) is 14.2. The minimum absolute atomic E-state index is 0.202. The van der Waals surface area contributed by atoms with Gasteiger partial charge in [0.1, 0.15) is 0 Å². The fraction of sp³-hybridized carbons (Fsp3) is 1.00. The van der Waals surface area contributed by atoms with E-state index in [4.69, 9.17) is 16.3 Å². The Morgan fingerprint density at radius 3 is 2.57 bits per heavy atom. The first-order valence-corrected chi connectivity index (χ1v) is 6.10. The average Bonchev–Trinajstić information content (AvgIpc) is 2.18. The molecule has 0 saturated heterocycles. The third-order valence-corrected chi connectivity index (χ3v) is 2.84. The van der Waals surface area contributed by atoms with Gasteiger partial charge < -0.3 is 10.1 Å². The van der Waals surface area contributed by atoms with Crippen LogP contribution in [0.3, 0.4) is 0 Å². The highest BCUT2D eigenvalue weighted by molar-refractivity contribution is 6.17. The molecule has 3 heteroatoms. The molecule has 86 valence electrons. The zero-order valence-electron chi connectivity index (χ0n) is 9.74. The van der Waals surface area contributed by atoms with Crippen LogP contribution in [0.1, 0.15) is 40.0 Å². The van der Waals surface area contributed by atoms with Crippen LogP contribution in [0.15, 0.2) is 0 Å². The summed E-state index contributed by atoms with van der Waals surface area (Å²) in [5, 5.41) is 3.54. The van der Waals surface area contributed by atoms with Gasteiger partial charge in [-0.3, -0.25) is 0 Å². The van der Waals surface area contributed by atoms with E-state index in [1.807, 2.05) is 6.92 Å². The van der Waals surface area contributed by atoms with Crippen LogP contribution in [-0.4, -0.2) is 31.2 Å². The molecule has 0 aliphatic rings. The van der Waals surface area contributed by atoms with Crippen molar-refractivity contribution in [3.05, 3.63) is 0 Å². The number of halogens is 1. The Bertz CT molecular complexity index is 132. The molecule has 0 rings (SSSR count). The summed E-state index contributed by atoms with van der Waals surface area (Å²) in [6.45, 7) is 9.13. The molecule has 0 aromatic rings. The van der Waals surface area contributed by atoms with Crippen molar-refractivity contribution in [3.63, 3.8) is 0 Å². The Morgan fingerprint density at radius 2 is 2.07 bits per heavy atom. The molecule has 1 atom stereocenters. The van der Waals surface area contributed by atoms with Crippen LogP contribution in [-0.2, 0) is 4.74 Å². The Morgan fingerprint density at radius 1 is 1.36 bits per heavy atom. The van der Waals surface area contributed by atoms with Crippen molar-refractivity contribution in [2.75, 3.05) is 25.6 Å². The summed E-state index contributed by atoms with van der Waals surface area (Å²) in [6, 6.07) is 0. The Balaban J connectivity index is 3.51. The molecule has 2 nitrogen and oxygen atoms in total. The van der Waals surface area contributed by atoms with Crippen LogP contribution < -0.4 is 5.32 Å². The van der Waals surface area contributed by atoms with Gasteiger partial charge in [-0.05, 0) is 39.7 Å². The fourth-order valence-electron chi connectivity index (χ4n) is 1.31. The van der Waals surface area contributed by atoms with E-state index < -0.39 is 0 Å². The van der Waals surface area contributed by atoms with Crippen LogP contribution in [0.25, 0.3) is 0 Å². The highest BCUT2D eigenvalue weighted by atomic mass is 35.5. The van der Waals surface area contributed by atoms with Gasteiger partial charge in [0.2, 0.25) is 0 Å². The van der Waals surface area contributed by atoms with Crippen molar-refractivity contribution in [2.45, 2.75) is 45.6 Å². The second-order valence-corrected chi connectivity index (χ2v) is 4.21. The summed E-state index contributed by atoms with van der Waals surface area (Å²) >= 11 is 5.76. The van der Waals surface area contributed by atoms with Gasteiger partial charge in [0, 0.05) is 24.6 Å². The lowest BCUT2D eigenvalue weighted by molar-refractivity contribution is 0.142. The van der Waals surface area contributed by atoms with Crippen molar-refractivity contribution in [2.24, 2.45) is 0 Å². The van der Waals surface area contributed by atoms with Crippen molar-refractivity contribution in [1.29, 1.82) is 0 Å². The highest BCUT2D eigenvalue weighted by Crippen LogP contribution is 2.14. The van der Waals surface area contributed by atoms with Crippen molar-refractivity contribution in [1.82, 2.24) is 5.32 Å². The molecule has 0 aromatic carbocycles. The monoisotopic (exact) mass is 221 g/mol. The van der Waals surface area contributed by atoms with Gasteiger partial charge in [0.05, 0.1) is 0 Å². The summed E-state index contributed by atoms with van der Waals surface area (Å²) in [7, 11) is 0. The van der Waals surface area contributed by atoms with Crippen LogP contribution in [0, 0.1) is 0 Å². The van der Waals surface area contributed by atoms with E-state index in [-0.39, 0.29) is 5.54 Å². The highest BCUT2D eigenvalue weighted by Gasteiger charge is 2.19. The standard InChI is InChI=1S/C11H24ClNO/c1-4-11(3,7-8-12)13-9-6-10-14-5-2/h13H,4-10H2,1-3H3. The van der Waals surface area contributed by atoms with E-state index in [2.05, 4.69) is 19.2 Å². The molecular weight excluding hydrogens is 198 g/mol. The molecule has 0 heterocycles. The average molecular weight is 222 g/mol. The van der Waals surface area contributed by atoms with Crippen LogP contribution in [0.5, 0.6) is 0 Å². The van der Waals surface area contributed by atoms with Crippen LogP contribution in [0.2, 0.25) is 0 Å². The van der Waals surface area contributed by atoms with Gasteiger partial charge in [-0.15, -0.1) is 11.6 Å². The predicted molar refractivity (Wildman–Crippen MR) is 63.1 cm³/mol. The van der Waals surface area contributed by atoms with Crippen LogP contribution in [0.4, 0.5) is 0 Å². The second kappa shape index (κ2) is 8.51. The number of hydrogen-bond donors (Lipinski definition) is 1. The van der Waals surface area contributed by atoms with Gasteiger partial charge in [-0.1, -0.05) is 6.92 Å². The predicted octanol–water partition coefficient (Wildman–Crippen LogP) is 2.80. The molecule has 0 aromatic heterocycles. The summed E-state index contributed by atoms with van der Waals surface area (Å²) in [4.78, 5) is 0. The van der Waals surface area contributed by atoms with Crippen LogP contribution >= 0.6 is 11.6 Å². The number of ether oxygens (including phenoxy) is 1. The molecule has 0 spiro atoms. The normalized spacial score (nSPS) is 15.4. The van der Waals surface area contributed by atoms with Crippen molar-refractivity contribution < 1.29 is 4.74 Å². The summed E-state index contributed by atoms with van der Waals surface area (Å²) in [6.07, 6.45) is 3.22. The molecule has 14 heavy (non-hydrogen) atoms. The summed E-state index contributed by atoms with van der Waals surface area (Å²) in [5.74, 6) is 0.725. The van der Waals surface area contributed by atoms with E-state index in [0.717, 1.165) is 44.9 Å². The number of alkyl halides is 1. The fourth-order valence-corrected chi connectivity index (χ4v) is 1.72. The number of rotatable bonds is 9. The largest absolute Gasteiger partial charge is 0.382 e. The topological polar surface area (TPSA) is 21.3 Å². The lowest BCUT2D eigenvalue weighted by Crippen LogP contribution is -2.42. The van der Waals surface area contributed by atoms with Gasteiger partial charge in [0.25, 0.3) is 0 Å². The zero-order valence-corrected chi connectivity index (χ0v) is 10.5. The smallest absolute Gasteiger partial charge is 0.0477 e. The van der Waals surface area contributed by atoms with E-state index >= 15 is 0 Å². The van der Waals surface area contributed by atoms with Crippen molar-refractivity contribution in [3.8, 4) is 0 Å². The Labute approximate surface area is 93.4 Å². The first-order chi connectivity index (χ1) is 6.68. The Hall–Kier alpha value is 0.210. The summed E-state index contributed by atoms with van der Waals surface area (Å²) < 4.78 is 5.28. The summed E-state index contributed by atoms with van der Waals surface area (Å²) in [5.41, 5.74) is 0.202. The maximum absolute atomic E-state index is 5.76. The van der Waals surface area contributed by atoms with E-state index in [1.54, 1.807) is 0 Å². The minimum Gasteiger partial charge on any atom is -0.382 e. The van der Waals surface area contributed by atoms with Gasteiger partial charge in [0.15, 0.2) is 0 Å². The molecule has 0 fully saturated rings. The molecule has 0 amide bonds. The maximum atomic E-state index is 5.76. The third-order valence-electron chi connectivity index (χ3n) is 2.65. The maximum Gasteiger partial charge on any atom is 0.0477 e. The van der Waals surface area contributed by atoms with Crippen molar-refractivity contribution >= 4 is 11.6 Å².